The first-order chi connectivity index (χ1) is 48.2. The summed E-state index contributed by atoms with van der Waals surface area (Å²) in [6.07, 6.45) is 3.64. The molecule has 524 valence electrons. The molecule has 9 aromatic rings. The van der Waals surface area contributed by atoms with Crippen LogP contribution in [0, 0.1) is 24.7 Å². The number of aliphatic hydroxyl groups is 1. The summed E-state index contributed by atoms with van der Waals surface area (Å²) in [7, 11) is 0. The smallest absolute Gasteiger partial charge is 0.243 e. The fraction of sp³-hybridized carbons (Fsp3) is 0.425. The van der Waals surface area contributed by atoms with Crippen LogP contribution < -0.4 is 16.0 Å². The fourth-order valence-corrected chi connectivity index (χ4v) is 15.4. The average molecular weight is 1420 g/mol. The number of ether oxygens (including phenoxy) is 2. The Bertz CT molecular complexity index is 4230. The number of β-amino-alcohol motifs (C(OH)–C–C–N with tert-alkyl or cyclic N) is 1. The number of hydrogen-bond donors (Lipinski definition) is 4. The number of nitrogens with zero attached hydrogens (tertiary/aromatic N) is 9. The first-order valence-electron chi connectivity index (χ1n) is 33.7. The lowest BCUT2D eigenvalue weighted by Gasteiger charge is -2.29. The third kappa shape index (κ3) is 16.4. The summed E-state index contributed by atoms with van der Waals surface area (Å²) < 4.78 is 30.6. The molecule has 6 amide bonds. The first kappa shape index (κ1) is 70.7. The van der Waals surface area contributed by atoms with E-state index < -0.39 is 60.2 Å². The number of nitrogens with one attached hydrogen (secondary N) is 3. The largest absolute Gasteiger partial charge is 0.391 e. The molecule has 0 bridgehead atoms. The van der Waals surface area contributed by atoms with E-state index in [1.54, 1.807) is 70.3 Å². The van der Waals surface area contributed by atoms with Crippen molar-refractivity contribution in [1.29, 1.82) is 0 Å². The number of thiazole rings is 3. The Hall–Kier alpha value is -9.12. The van der Waals surface area contributed by atoms with Crippen molar-refractivity contribution in [3.8, 4) is 31.3 Å². The number of rotatable bonds is 27. The number of aliphatic hydroxyl groups excluding tert-OH is 1. The molecule has 0 aliphatic carbocycles. The van der Waals surface area contributed by atoms with Gasteiger partial charge in [0.05, 0.1) is 74.4 Å². The van der Waals surface area contributed by atoms with Gasteiger partial charge >= 0.3 is 0 Å². The highest BCUT2D eigenvalue weighted by Gasteiger charge is 2.48. The molecule has 27 heteroatoms. The van der Waals surface area contributed by atoms with E-state index in [1.807, 2.05) is 127 Å². The normalized spacial score (nSPS) is 19.7. The first-order valence-corrected chi connectivity index (χ1v) is 36.3. The third-order valence-corrected chi connectivity index (χ3v) is 21.2. The number of hydrogen-bond acceptors (Lipinski definition) is 21. The monoisotopic (exact) mass is 1410 g/mol. The lowest BCUT2D eigenvalue weighted by molar-refractivity contribution is -0.141. The molecule has 3 aromatic carbocycles. The van der Waals surface area contributed by atoms with Crippen LogP contribution in [0.3, 0.4) is 0 Å². The van der Waals surface area contributed by atoms with Crippen LogP contribution in [0.4, 0.5) is 0 Å². The molecule has 0 spiro atoms. The molecule has 0 radical (unpaired) electrons. The highest BCUT2D eigenvalue weighted by molar-refractivity contribution is 7.13. The minimum absolute atomic E-state index is 0.0302. The predicted molar refractivity (Wildman–Crippen MR) is 373 cm³/mol. The Morgan fingerprint density at radius 3 is 1.28 bits per heavy atom. The van der Waals surface area contributed by atoms with Gasteiger partial charge in [-0.05, 0) is 65.0 Å². The van der Waals surface area contributed by atoms with Crippen LogP contribution in [0.2, 0.25) is 0 Å². The number of carbonyl (C=O) groups excluding carboxylic acids is 6. The molecule has 3 aliphatic rings. The summed E-state index contributed by atoms with van der Waals surface area (Å²) in [4.78, 5) is 108. The fourth-order valence-electron chi connectivity index (χ4n) is 13.5. The topological polar surface area (TPSA) is 304 Å². The number of carbonyl (C=O) groups is 6. The minimum atomic E-state index is -0.966. The quantitative estimate of drug-likeness (QED) is 0.0372. The van der Waals surface area contributed by atoms with Gasteiger partial charge in [-0.2, -0.15) is 0 Å². The standard InChI is InChI=1S/C73H82N12O12S3/c1-40(2)65(59-21-43(7)80-95-59)72(91)85-34-55(26-58(85)70(89)79-44(8)47-17-19-50(20-18-47)64-31-76-39-100-64)94-36-52-23-61(97-82-52)67(42(5)6)73(92)84-33-54(25-57(84)69(88)78-28-46-11-15-49(16-12-46)63-30-75-38-99-63)93-35-51-22-60(96-81-51)66(41(3)4)71(90)83-32-53(86)24-56(83)68(87)77-27-45-9-13-48(14-10-45)62-29-74-37-98-62/h9-23,29-31,37-42,44,53-58,65-67,86H,24-28,32-36H2,1-8H3,(H,77,87)(H,78,88)(H,79,89)/t44-,53+,54+,55+,56-,57-,58-,65+,66+,67+/m0/s1. The second-order valence-electron chi connectivity index (χ2n) is 27.0. The van der Waals surface area contributed by atoms with Gasteiger partial charge in [0.2, 0.25) is 35.4 Å². The van der Waals surface area contributed by atoms with E-state index in [1.165, 1.54) is 32.5 Å². The molecule has 24 nitrogen and oxygen atoms in total. The van der Waals surface area contributed by atoms with Crippen molar-refractivity contribution in [3.05, 3.63) is 177 Å². The zero-order chi connectivity index (χ0) is 70.3. The van der Waals surface area contributed by atoms with Crippen molar-refractivity contribution in [2.45, 2.75) is 161 Å². The van der Waals surface area contributed by atoms with Gasteiger partial charge in [-0.1, -0.05) is 130 Å². The molecule has 3 saturated heterocycles. The van der Waals surface area contributed by atoms with Crippen LogP contribution in [-0.4, -0.2) is 142 Å². The third-order valence-electron chi connectivity index (χ3n) is 18.8. The molecular formula is C73H82N12O12S3. The van der Waals surface area contributed by atoms with E-state index >= 15 is 4.79 Å². The molecule has 3 aliphatic heterocycles. The SMILES string of the molecule is Cc1cc([C@H](C(=O)N2C[C@H](OCc3cc([C@H](C(=O)N4C[C@H](OCc5cc([C@H](C(=O)N6C[C@H](O)C[C@H]6C(=O)NCc6ccc(-c7cncs7)cc6)C(C)C)on5)C[C@H]4C(=O)NCc4ccc(-c5cncs5)cc4)C(C)C)on3)C[C@H]2C(=O)N[C@@H](C)c2ccc(-c3cncs3)cc2)C(C)C)on1. The minimum Gasteiger partial charge on any atom is -0.391 e. The van der Waals surface area contributed by atoms with Gasteiger partial charge in [0.15, 0.2) is 0 Å². The van der Waals surface area contributed by atoms with E-state index in [2.05, 4.69) is 46.4 Å². The van der Waals surface area contributed by atoms with Crippen molar-refractivity contribution in [1.82, 2.24) is 61.1 Å². The van der Waals surface area contributed by atoms with Gasteiger partial charge in [-0.15, -0.1) is 34.0 Å². The van der Waals surface area contributed by atoms with Crippen LogP contribution in [0.5, 0.6) is 0 Å². The molecule has 0 unspecified atom stereocenters. The van der Waals surface area contributed by atoms with Gasteiger partial charge in [0.25, 0.3) is 0 Å². The summed E-state index contributed by atoms with van der Waals surface area (Å²) in [5.41, 5.74) is 12.3. The summed E-state index contributed by atoms with van der Waals surface area (Å²) in [5.74, 6) is -4.57. The highest BCUT2D eigenvalue weighted by atomic mass is 32.1. The predicted octanol–water partition coefficient (Wildman–Crippen LogP) is 10.4. The summed E-state index contributed by atoms with van der Waals surface area (Å²) in [6.45, 7) is 15.4. The molecule has 4 N–H and O–H groups in total. The second kappa shape index (κ2) is 31.6. The second-order valence-corrected chi connectivity index (χ2v) is 29.7. The average Bonchev–Trinajstić information content (AvgIpc) is 1.67. The Labute approximate surface area is 591 Å². The lowest BCUT2D eigenvalue weighted by atomic mass is 9.91. The van der Waals surface area contributed by atoms with Crippen LogP contribution >= 0.6 is 34.0 Å². The van der Waals surface area contributed by atoms with E-state index in [9.17, 15) is 29.1 Å². The van der Waals surface area contributed by atoms with E-state index in [0.717, 1.165) is 48.0 Å². The van der Waals surface area contributed by atoms with Gasteiger partial charge in [0, 0.05) is 88.8 Å². The molecule has 9 heterocycles. The molecule has 3 fully saturated rings. The molecule has 10 atom stereocenters. The number of aromatic nitrogens is 6. The maximum absolute atomic E-state index is 15.3. The van der Waals surface area contributed by atoms with Gasteiger partial charge in [0.1, 0.15) is 64.5 Å². The summed E-state index contributed by atoms with van der Waals surface area (Å²) >= 11 is 4.60. The van der Waals surface area contributed by atoms with Crippen LogP contribution in [-0.2, 0) is 64.5 Å². The maximum Gasteiger partial charge on any atom is 0.243 e. The zero-order valence-electron chi connectivity index (χ0n) is 56.9. The summed E-state index contributed by atoms with van der Waals surface area (Å²) in [5, 5.41) is 32.8. The lowest BCUT2D eigenvalue weighted by Crippen LogP contribution is -2.48. The van der Waals surface area contributed by atoms with E-state index in [0.29, 0.717) is 22.8 Å². The Morgan fingerprint density at radius 2 is 0.890 bits per heavy atom. The van der Waals surface area contributed by atoms with Crippen LogP contribution in [0.25, 0.3) is 31.3 Å². The maximum atomic E-state index is 15.3. The van der Waals surface area contributed by atoms with Crippen molar-refractivity contribution in [2.24, 2.45) is 17.8 Å². The Balaban J connectivity index is 0.716. The summed E-state index contributed by atoms with van der Waals surface area (Å²) in [6, 6.07) is 25.5. The van der Waals surface area contributed by atoms with E-state index in [-0.39, 0.29) is 130 Å². The van der Waals surface area contributed by atoms with Gasteiger partial charge < -0.3 is 58.8 Å². The van der Waals surface area contributed by atoms with Gasteiger partial charge in [-0.3, -0.25) is 43.7 Å². The number of benzene rings is 3. The van der Waals surface area contributed by atoms with Gasteiger partial charge in [-0.25, -0.2) is 0 Å². The van der Waals surface area contributed by atoms with Crippen LogP contribution in [0.15, 0.2) is 140 Å². The molecule has 100 heavy (non-hydrogen) atoms. The van der Waals surface area contributed by atoms with E-state index in [4.69, 9.17) is 23.0 Å². The Morgan fingerprint density at radius 1 is 0.510 bits per heavy atom. The van der Waals surface area contributed by atoms with Crippen LogP contribution in [0.1, 0.15) is 143 Å². The molecule has 6 aromatic heterocycles. The van der Waals surface area contributed by atoms with Crippen molar-refractivity contribution < 1.29 is 56.9 Å². The Kier molecular flexibility index (Phi) is 22.4. The number of aryl methyl sites for hydroxylation is 1. The van der Waals surface area contributed by atoms with Crippen molar-refractivity contribution >= 4 is 69.5 Å². The van der Waals surface area contributed by atoms with Crippen molar-refractivity contribution in [2.75, 3.05) is 19.6 Å². The number of amides is 6. The molecule has 0 saturated carbocycles. The molecule has 12 rings (SSSR count). The molecular weight excluding hydrogens is 1330 g/mol. The number of likely N-dealkylation sites (tertiary alicyclic amines) is 3. The highest BCUT2D eigenvalue weighted by Crippen LogP contribution is 2.37. The van der Waals surface area contributed by atoms with Crippen molar-refractivity contribution in [3.63, 3.8) is 0 Å². The zero-order valence-corrected chi connectivity index (χ0v) is 59.3.